The molecule has 2 rings (SSSR count). The molecule has 0 aliphatic rings. The number of hydroxylamine groups is 1. The number of rotatable bonds is 5. The fourth-order valence-corrected chi connectivity index (χ4v) is 2.94. The lowest BCUT2D eigenvalue weighted by Gasteiger charge is -2.17. The molecule has 0 bridgehead atoms. The Bertz CT molecular complexity index is 477. The quantitative estimate of drug-likeness (QED) is 0.849. The number of quaternary nitrogens is 1. The Labute approximate surface area is 116 Å². The third kappa shape index (κ3) is 3.92. The molecule has 0 aromatic heterocycles. The molecular formula is C15H15NO2S. The smallest absolute Gasteiger partial charge is 0.320 e. The normalized spacial score (nSPS) is 10.6. The van der Waals surface area contributed by atoms with Crippen LogP contribution in [0.4, 0.5) is 0 Å². The predicted octanol–water partition coefficient (Wildman–Crippen LogP) is 2.10. The van der Waals surface area contributed by atoms with Gasteiger partial charge in [0, 0.05) is 0 Å². The van der Waals surface area contributed by atoms with Crippen LogP contribution < -0.4 is 5.48 Å². The van der Waals surface area contributed by atoms with E-state index in [1.54, 1.807) is 0 Å². The molecular weight excluding hydrogens is 258 g/mol. The van der Waals surface area contributed by atoms with E-state index in [4.69, 9.17) is 0 Å². The average Bonchev–Trinajstić information content (AvgIpc) is 2.49. The van der Waals surface area contributed by atoms with E-state index in [1.165, 1.54) is 11.8 Å². The number of carbonyl (C=O) groups excluding carboxylic acids is 1. The summed E-state index contributed by atoms with van der Waals surface area (Å²) in [6.07, 6.45) is 0. The fraction of sp³-hybridized carbons (Fsp3) is 0.133. The van der Waals surface area contributed by atoms with Crippen LogP contribution in [0.3, 0.4) is 0 Å². The van der Waals surface area contributed by atoms with Gasteiger partial charge in [-0.25, -0.2) is 4.79 Å². The zero-order valence-corrected chi connectivity index (χ0v) is 11.2. The Morgan fingerprint density at radius 3 is 1.89 bits per heavy atom. The minimum absolute atomic E-state index is 0.0753. The van der Waals surface area contributed by atoms with Gasteiger partial charge in [0.25, 0.3) is 0 Å². The van der Waals surface area contributed by atoms with Crippen molar-refractivity contribution in [2.75, 3.05) is 5.75 Å². The van der Waals surface area contributed by atoms with Crippen LogP contribution in [0.15, 0.2) is 60.7 Å². The van der Waals surface area contributed by atoms with Crippen molar-refractivity contribution in [1.29, 1.82) is 0 Å². The number of carbonyl (C=O) groups is 1. The van der Waals surface area contributed by atoms with Crippen LogP contribution >= 0.6 is 11.8 Å². The van der Waals surface area contributed by atoms with Gasteiger partial charge < -0.3 is 10.7 Å². The maximum Gasteiger partial charge on any atom is 0.320 e. The summed E-state index contributed by atoms with van der Waals surface area (Å²) in [7, 11) is 0. The fourth-order valence-electron chi connectivity index (χ4n) is 1.84. The van der Waals surface area contributed by atoms with Gasteiger partial charge >= 0.3 is 5.91 Å². The summed E-state index contributed by atoms with van der Waals surface area (Å²) < 4.78 is 0. The largest absolute Gasteiger partial charge is 0.628 e. The minimum Gasteiger partial charge on any atom is -0.628 e. The second-order valence-corrected chi connectivity index (χ2v) is 5.19. The number of nitrogens with two attached hydrogens (primary N) is 1. The molecule has 0 spiro atoms. The highest BCUT2D eigenvalue weighted by Gasteiger charge is 2.16. The molecule has 2 aromatic rings. The van der Waals surface area contributed by atoms with Gasteiger partial charge in [0.1, 0.15) is 5.75 Å². The van der Waals surface area contributed by atoms with Gasteiger partial charge in [-0.15, -0.1) is 11.8 Å². The lowest BCUT2D eigenvalue weighted by molar-refractivity contribution is -0.497. The molecule has 19 heavy (non-hydrogen) atoms. The minimum atomic E-state index is -0.373. The molecule has 3 nitrogen and oxygen atoms in total. The van der Waals surface area contributed by atoms with Crippen molar-refractivity contribution in [1.82, 2.24) is 0 Å². The molecule has 0 atom stereocenters. The monoisotopic (exact) mass is 273 g/mol. The summed E-state index contributed by atoms with van der Waals surface area (Å²) in [6, 6.07) is 20.0. The Balaban J connectivity index is 2.21. The Hall–Kier alpha value is -1.62. The highest BCUT2D eigenvalue weighted by molar-refractivity contribution is 8.00. The first kappa shape index (κ1) is 13.8. The van der Waals surface area contributed by atoms with E-state index in [2.05, 4.69) is 0 Å². The van der Waals surface area contributed by atoms with Crippen LogP contribution in [0.2, 0.25) is 0 Å². The van der Waals surface area contributed by atoms with Gasteiger partial charge in [-0.05, 0) is 11.1 Å². The predicted molar refractivity (Wildman–Crippen MR) is 77.5 cm³/mol. The second kappa shape index (κ2) is 7.09. The lowest BCUT2D eigenvalue weighted by Crippen LogP contribution is -2.82. The molecule has 0 fully saturated rings. The average molecular weight is 273 g/mol. The zero-order chi connectivity index (χ0) is 13.5. The molecule has 98 valence electrons. The lowest BCUT2D eigenvalue weighted by atomic mass is 10.0. The Morgan fingerprint density at radius 1 is 1.00 bits per heavy atom. The van der Waals surface area contributed by atoms with Crippen molar-refractivity contribution in [3.63, 3.8) is 0 Å². The molecule has 1 amide bonds. The number of primary amides is 1. The number of thioether (sulfide) groups is 1. The summed E-state index contributed by atoms with van der Waals surface area (Å²) in [6.45, 7) is 0. The summed E-state index contributed by atoms with van der Waals surface area (Å²) in [5.41, 5.74) is 2.66. The molecule has 4 heteroatoms. The van der Waals surface area contributed by atoms with Crippen LogP contribution in [0.1, 0.15) is 16.4 Å². The van der Waals surface area contributed by atoms with E-state index in [0.717, 1.165) is 11.1 Å². The van der Waals surface area contributed by atoms with Gasteiger partial charge in [0.2, 0.25) is 0 Å². The van der Waals surface area contributed by atoms with E-state index in [9.17, 15) is 10.0 Å². The van der Waals surface area contributed by atoms with E-state index < -0.39 is 0 Å². The first-order valence-corrected chi connectivity index (χ1v) is 7.05. The number of benzene rings is 2. The summed E-state index contributed by atoms with van der Waals surface area (Å²) in [4.78, 5) is 11.2. The second-order valence-electron chi connectivity index (χ2n) is 4.10. The number of amides is 1. The van der Waals surface area contributed by atoms with Crippen molar-refractivity contribution < 1.29 is 10.3 Å². The third-order valence-electron chi connectivity index (χ3n) is 2.73. The van der Waals surface area contributed by atoms with E-state index in [0.29, 0.717) is 5.48 Å². The molecule has 0 saturated heterocycles. The third-order valence-corrected chi connectivity index (χ3v) is 4.06. The number of hydrogen-bond acceptors (Lipinski definition) is 3. The van der Waals surface area contributed by atoms with Crippen molar-refractivity contribution in [2.24, 2.45) is 0 Å². The first-order valence-electron chi connectivity index (χ1n) is 6.01. The standard InChI is InChI=1S/C15H15NO2S/c17-14(16-18)11-19-15(12-7-3-1-4-8-12)13-9-5-2-6-10-13/h1-10,15H,11,16H2. The molecule has 2 N–H and O–H groups in total. The van der Waals surface area contributed by atoms with Crippen molar-refractivity contribution in [3.05, 3.63) is 77.0 Å². The summed E-state index contributed by atoms with van der Waals surface area (Å²) in [5, 5.41) is 10.5. The molecule has 0 unspecified atom stereocenters. The van der Waals surface area contributed by atoms with Gasteiger partial charge in [-0.3, -0.25) is 0 Å². The maximum absolute atomic E-state index is 11.2. The van der Waals surface area contributed by atoms with E-state index in [-0.39, 0.29) is 16.9 Å². The van der Waals surface area contributed by atoms with Crippen molar-refractivity contribution in [3.8, 4) is 0 Å². The van der Waals surface area contributed by atoms with Crippen LogP contribution in [-0.4, -0.2) is 11.7 Å². The SMILES string of the molecule is O=C(CSC(c1ccccc1)c1ccccc1)[NH2+][O-]. The van der Waals surface area contributed by atoms with Crippen LogP contribution in [0, 0.1) is 5.21 Å². The zero-order valence-electron chi connectivity index (χ0n) is 10.4. The highest BCUT2D eigenvalue weighted by atomic mass is 32.2. The van der Waals surface area contributed by atoms with Gasteiger partial charge in [0.05, 0.1) is 5.25 Å². The molecule has 0 radical (unpaired) electrons. The number of hydrogen-bond donors (Lipinski definition) is 1. The maximum atomic E-state index is 11.2. The molecule has 0 heterocycles. The van der Waals surface area contributed by atoms with Crippen LogP contribution in [0.25, 0.3) is 0 Å². The highest BCUT2D eigenvalue weighted by Crippen LogP contribution is 2.34. The molecule has 0 aliphatic heterocycles. The van der Waals surface area contributed by atoms with Gasteiger partial charge in [-0.1, -0.05) is 60.7 Å². The van der Waals surface area contributed by atoms with E-state index >= 15 is 0 Å². The molecule has 0 aliphatic carbocycles. The summed E-state index contributed by atoms with van der Waals surface area (Å²) in [5.74, 6) is -0.167. The Kier molecular flexibility index (Phi) is 5.15. The van der Waals surface area contributed by atoms with Gasteiger partial charge in [0.15, 0.2) is 0 Å². The van der Waals surface area contributed by atoms with Crippen molar-refractivity contribution in [2.45, 2.75) is 5.25 Å². The first-order chi connectivity index (χ1) is 9.31. The van der Waals surface area contributed by atoms with E-state index in [1.807, 2.05) is 60.7 Å². The molecule has 2 aromatic carbocycles. The van der Waals surface area contributed by atoms with Crippen LogP contribution in [0.5, 0.6) is 0 Å². The molecule has 0 saturated carbocycles. The summed E-state index contributed by atoms with van der Waals surface area (Å²) >= 11 is 1.48. The van der Waals surface area contributed by atoms with Gasteiger partial charge in [-0.2, -0.15) is 0 Å². The Morgan fingerprint density at radius 2 is 1.47 bits per heavy atom. The van der Waals surface area contributed by atoms with Crippen LogP contribution in [-0.2, 0) is 4.79 Å². The topological polar surface area (TPSA) is 56.7 Å². The van der Waals surface area contributed by atoms with Crippen molar-refractivity contribution >= 4 is 17.7 Å².